The maximum atomic E-state index is 10.8. The summed E-state index contributed by atoms with van der Waals surface area (Å²) in [6, 6.07) is 0. The highest BCUT2D eigenvalue weighted by Crippen LogP contribution is 2.07. The highest BCUT2D eigenvalue weighted by atomic mass is 16.1. The van der Waals surface area contributed by atoms with E-state index >= 15 is 0 Å². The highest BCUT2D eigenvalue weighted by molar-refractivity contribution is 5.73. The molecule has 0 bridgehead atoms. The molecule has 0 rings (SSSR count). The second-order valence-corrected chi connectivity index (χ2v) is 7.11. The van der Waals surface area contributed by atoms with Gasteiger partial charge in [-0.1, -0.05) is 0 Å². The molecule has 0 unspecified atom stereocenters. The van der Waals surface area contributed by atoms with Crippen molar-refractivity contribution in [3.05, 3.63) is 0 Å². The van der Waals surface area contributed by atoms with Crippen LogP contribution in [0.2, 0.25) is 0 Å². The summed E-state index contributed by atoms with van der Waals surface area (Å²) in [5, 5.41) is 2.70. The van der Waals surface area contributed by atoms with Crippen molar-refractivity contribution in [3.63, 3.8) is 0 Å². The number of primary amides is 1. The minimum absolute atomic E-state index is 0.211. The van der Waals surface area contributed by atoms with E-state index in [1.54, 1.807) is 0 Å². The van der Waals surface area contributed by atoms with E-state index in [9.17, 15) is 9.59 Å². The summed E-state index contributed by atoms with van der Waals surface area (Å²) >= 11 is 0. The van der Waals surface area contributed by atoms with Crippen LogP contribution in [-0.2, 0) is 9.59 Å². The van der Waals surface area contributed by atoms with Crippen LogP contribution in [0.1, 0.15) is 25.7 Å². The van der Waals surface area contributed by atoms with Crippen LogP contribution in [0.5, 0.6) is 0 Å². The van der Waals surface area contributed by atoms with Crippen LogP contribution in [-0.4, -0.2) is 82.2 Å². The zero-order chi connectivity index (χ0) is 16.4. The number of nitrogens with zero attached hydrogens (tertiary/aromatic N) is 2. The lowest BCUT2D eigenvalue weighted by Crippen LogP contribution is -2.46. The van der Waals surface area contributed by atoms with Gasteiger partial charge < -0.3 is 20.0 Å². The summed E-state index contributed by atoms with van der Waals surface area (Å²) in [4.78, 5) is 21.0. The molecular formula is C15H34N4O2+2. The van der Waals surface area contributed by atoms with Crippen LogP contribution in [0.25, 0.3) is 0 Å². The lowest BCUT2D eigenvalue weighted by Gasteiger charge is -2.33. The van der Waals surface area contributed by atoms with E-state index in [4.69, 9.17) is 5.73 Å². The quantitative estimate of drug-likeness (QED) is 0.284. The average Bonchev–Trinajstić information content (AvgIpc) is 2.33. The molecule has 0 aliphatic carbocycles. The first-order chi connectivity index (χ1) is 9.68. The highest BCUT2D eigenvalue weighted by Gasteiger charge is 2.19. The fourth-order valence-electron chi connectivity index (χ4n) is 2.50. The molecule has 21 heavy (non-hydrogen) atoms. The van der Waals surface area contributed by atoms with E-state index in [1.807, 2.05) is 0 Å². The molecule has 0 saturated carbocycles. The maximum Gasteiger partial charge on any atom is 0.217 e. The van der Waals surface area contributed by atoms with E-state index in [1.165, 1.54) is 0 Å². The van der Waals surface area contributed by atoms with Gasteiger partial charge in [0.2, 0.25) is 12.3 Å². The Balaban J connectivity index is 3.87. The normalized spacial score (nSPS) is 12.2. The first kappa shape index (κ1) is 19.9. The topological polar surface area (TPSA) is 72.2 Å². The Morgan fingerprint density at radius 3 is 1.90 bits per heavy atom. The van der Waals surface area contributed by atoms with E-state index < -0.39 is 0 Å². The third-order valence-corrected chi connectivity index (χ3v) is 3.88. The van der Waals surface area contributed by atoms with Crippen molar-refractivity contribution in [1.82, 2.24) is 5.32 Å². The van der Waals surface area contributed by atoms with Crippen molar-refractivity contribution >= 4 is 12.3 Å². The summed E-state index contributed by atoms with van der Waals surface area (Å²) < 4.78 is 1.90. The Morgan fingerprint density at radius 2 is 1.43 bits per heavy atom. The van der Waals surface area contributed by atoms with Crippen LogP contribution in [0.15, 0.2) is 0 Å². The summed E-state index contributed by atoms with van der Waals surface area (Å²) in [6.07, 6.45) is 4.25. The maximum absolute atomic E-state index is 10.8. The van der Waals surface area contributed by atoms with Crippen LogP contribution < -0.4 is 11.1 Å². The predicted molar refractivity (Wildman–Crippen MR) is 85.4 cm³/mol. The van der Waals surface area contributed by atoms with E-state index in [0.717, 1.165) is 67.4 Å². The minimum Gasteiger partial charge on any atom is -0.370 e. The van der Waals surface area contributed by atoms with E-state index in [2.05, 4.69) is 33.5 Å². The summed E-state index contributed by atoms with van der Waals surface area (Å²) in [6.45, 7) is 5.03. The zero-order valence-corrected chi connectivity index (χ0v) is 14.2. The molecule has 0 fully saturated rings. The molecule has 0 aromatic heterocycles. The molecule has 0 saturated heterocycles. The van der Waals surface area contributed by atoms with Crippen LogP contribution in [0, 0.1) is 0 Å². The van der Waals surface area contributed by atoms with Crippen LogP contribution in [0.3, 0.4) is 0 Å². The predicted octanol–water partition coefficient (Wildman–Crippen LogP) is -0.0691. The number of amides is 2. The number of hydrogen-bond acceptors (Lipinski definition) is 2. The first-order valence-electron chi connectivity index (χ1n) is 7.78. The van der Waals surface area contributed by atoms with Gasteiger partial charge in [-0.3, -0.25) is 9.59 Å². The molecule has 0 aliphatic rings. The van der Waals surface area contributed by atoms with Crippen LogP contribution >= 0.6 is 0 Å². The molecule has 0 aliphatic heterocycles. The van der Waals surface area contributed by atoms with Gasteiger partial charge in [-0.05, 0) is 0 Å². The van der Waals surface area contributed by atoms with Gasteiger partial charge in [0.1, 0.15) is 0 Å². The van der Waals surface area contributed by atoms with E-state index in [0.29, 0.717) is 6.42 Å². The fraction of sp³-hybridized carbons (Fsp3) is 0.867. The molecule has 0 atom stereocenters. The van der Waals surface area contributed by atoms with Gasteiger partial charge in [0, 0.05) is 32.2 Å². The van der Waals surface area contributed by atoms with E-state index in [-0.39, 0.29) is 5.91 Å². The van der Waals surface area contributed by atoms with Crippen molar-refractivity contribution in [2.75, 3.05) is 60.9 Å². The van der Waals surface area contributed by atoms with Gasteiger partial charge in [-0.25, -0.2) is 0 Å². The van der Waals surface area contributed by atoms with Crippen molar-refractivity contribution in [1.29, 1.82) is 0 Å². The van der Waals surface area contributed by atoms with Gasteiger partial charge in [0.05, 0.1) is 54.4 Å². The molecule has 0 aromatic carbocycles. The number of rotatable bonds is 13. The Morgan fingerprint density at radius 1 is 0.952 bits per heavy atom. The smallest absolute Gasteiger partial charge is 0.217 e. The van der Waals surface area contributed by atoms with Gasteiger partial charge >= 0.3 is 0 Å². The molecule has 2 amide bonds. The monoisotopic (exact) mass is 302 g/mol. The molecule has 0 heterocycles. The van der Waals surface area contributed by atoms with Crippen molar-refractivity contribution in [2.45, 2.75) is 25.7 Å². The number of nitrogens with one attached hydrogen (secondary N) is 1. The Bertz CT molecular complexity index is 317. The Labute approximate surface area is 129 Å². The third-order valence-electron chi connectivity index (χ3n) is 3.88. The van der Waals surface area contributed by atoms with Gasteiger partial charge in [-0.2, -0.15) is 0 Å². The standard InChI is InChI=1S/C15H32N4O2/c1-18(2,10-5-8-15(16)21)12-7-13-19(3,4)11-6-9-17-14-20/h14H,5-13H2,1-4H3,(H-2,16,17,20,21)/p+2. The lowest BCUT2D eigenvalue weighted by atomic mass is 10.2. The summed E-state index contributed by atoms with van der Waals surface area (Å²) in [5.74, 6) is -0.211. The number of carbonyl (C=O) groups excluding carboxylic acids is 2. The summed E-state index contributed by atoms with van der Waals surface area (Å²) in [5.41, 5.74) is 5.17. The molecule has 0 aromatic rings. The molecule has 0 radical (unpaired) electrons. The molecule has 3 N–H and O–H groups in total. The average molecular weight is 302 g/mol. The zero-order valence-electron chi connectivity index (χ0n) is 14.2. The minimum atomic E-state index is -0.211. The molecule has 6 heteroatoms. The third kappa shape index (κ3) is 12.3. The SMILES string of the molecule is C[N+](C)(CCCNC=O)CCC[N+](C)(C)CCCC(N)=O. The Kier molecular flexibility index (Phi) is 9.21. The summed E-state index contributed by atoms with van der Waals surface area (Å²) in [7, 11) is 8.87. The molecule has 0 spiro atoms. The Hall–Kier alpha value is -1.14. The number of carbonyl (C=O) groups is 2. The van der Waals surface area contributed by atoms with Crippen molar-refractivity contribution < 1.29 is 18.6 Å². The number of quaternary nitrogens is 2. The second-order valence-electron chi connectivity index (χ2n) is 7.11. The van der Waals surface area contributed by atoms with Gasteiger partial charge in [-0.15, -0.1) is 0 Å². The molecule has 6 nitrogen and oxygen atoms in total. The number of hydrogen-bond donors (Lipinski definition) is 2. The lowest BCUT2D eigenvalue weighted by molar-refractivity contribution is -0.909. The number of nitrogens with two attached hydrogens (primary N) is 1. The first-order valence-corrected chi connectivity index (χ1v) is 7.78. The van der Waals surface area contributed by atoms with Crippen LogP contribution in [0.4, 0.5) is 0 Å². The van der Waals surface area contributed by atoms with Gasteiger partial charge in [0.15, 0.2) is 0 Å². The fourth-order valence-corrected chi connectivity index (χ4v) is 2.50. The van der Waals surface area contributed by atoms with Crippen molar-refractivity contribution in [2.24, 2.45) is 5.73 Å². The van der Waals surface area contributed by atoms with Gasteiger partial charge in [0.25, 0.3) is 0 Å². The molecular weight excluding hydrogens is 268 g/mol. The largest absolute Gasteiger partial charge is 0.370 e. The van der Waals surface area contributed by atoms with Crippen molar-refractivity contribution in [3.8, 4) is 0 Å². The molecule has 124 valence electrons. The second kappa shape index (κ2) is 9.73.